The Bertz CT molecular complexity index is 1450. The first kappa shape index (κ1) is 28.4. The average molecular weight is 582 g/mol. The number of carbonyl (C=O) groups excluding carboxylic acids is 2. The summed E-state index contributed by atoms with van der Waals surface area (Å²) < 4.78 is 5.27. The fourth-order valence-electron chi connectivity index (χ4n) is 6.39. The van der Waals surface area contributed by atoms with Crippen LogP contribution >= 0.6 is 11.8 Å². The number of ether oxygens (including phenoxy) is 1. The number of hydrogen-bond donors (Lipinski definition) is 0. The molecule has 3 aromatic rings. The average Bonchev–Trinajstić information content (AvgIpc) is 3.03. The first-order valence-corrected chi connectivity index (χ1v) is 15.9. The molecule has 0 bridgehead atoms. The van der Waals surface area contributed by atoms with Gasteiger partial charge in [0, 0.05) is 55.3 Å². The molecule has 6 rings (SSSR count). The third-order valence-corrected chi connectivity index (χ3v) is 10.1. The second kappa shape index (κ2) is 12.7. The Morgan fingerprint density at radius 2 is 1.69 bits per heavy atom. The van der Waals surface area contributed by atoms with Crippen molar-refractivity contribution in [3.05, 3.63) is 100.0 Å². The Morgan fingerprint density at radius 1 is 0.952 bits per heavy atom. The normalized spacial score (nSPS) is 21.8. The second-order valence-electron chi connectivity index (χ2n) is 11.5. The fraction of sp³-hybridized carbons (Fsp3) is 0.371. The van der Waals surface area contributed by atoms with E-state index in [9.17, 15) is 9.59 Å². The maximum absolute atomic E-state index is 13.8. The van der Waals surface area contributed by atoms with Gasteiger partial charge in [-0.15, -0.1) is 11.8 Å². The lowest BCUT2D eigenvalue weighted by atomic mass is 9.92. The van der Waals surface area contributed by atoms with Crippen LogP contribution in [0.1, 0.15) is 52.7 Å². The number of nitrogens with zero attached hydrogens (tertiary/aromatic N) is 3. The standard InChI is InChI=1S/C35H39N3O3S/c1-25-6-5-7-27(22-25)24-38-31-8-3-4-9-32(31)42-33(35(38)40)23-26-10-12-28(13-11-26)34(39)37-20-18-36(19-21-37)29-14-16-30(41-2)17-15-29/h5-7,10-17,22-23,31-32H,3-4,8-9,18-21,24H2,1-2H3/b33-23+. The second-order valence-corrected chi connectivity index (χ2v) is 12.8. The highest BCUT2D eigenvalue weighted by molar-refractivity contribution is 8.04. The molecule has 2 heterocycles. The molecule has 2 aliphatic heterocycles. The zero-order valence-electron chi connectivity index (χ0n) is 24.5. The summed E-state index contributed by atoms with van der Waals surface area (Å²) >= 11 is 1.75. The van der Waals surface area contributed by atoms with Gasteiger partial charge in [-0.2, -0.15) is 0 Å². The minimum Gasteiger partial charge on any atom is -0.497 e. The van der Waals surface area contributed by atoms with Gasteiger partial charge in [0.25, 0.3) is 11.8 Å². The van der Waals surface area contributed by atoms with Crippen molar-refractivity contribution in [3.8, 4) is 5.75 Å². The summed E-state index contributed by atoms with van der Waals surface area (Å²) in [6.07, 6.45) is 6.64. The van der Waals surface area contributed by atoms with Gasteiger partial charge in [-0.25, -0.2) is 0 Å². The number of aryl methyl sites for hydroxylation is 1. The third-order valence-electron chi connectivity index (χ3n) is 8.71. The maximum Gasteiger partial charge on any atom is 0.260 e. The number of rotatable bonds is 6. The van der Waals surface area contributed by atoms with E-state index >= 15 is 0 Å². The van der Waals surface area contributed by atoms with E-state index in [1.807, 2.05) is 47.4 Å². The Labute approximate surface area is 253 Å². The molecule has 2 saturated heterocycles. The van der Waals surface area contributed by atoms with Crippen LogP contribution in [0.4, 0.5) is 5.69 Å². The molecular weight excluding hydrogens is 542 g/mol. The molecule has 42 heavy (non-hydrogen) atoms. The number of hydrogen-bond acceptors (Lipinski definition) is 5. The van der Waals surface area contributed by atoms with Gasteiger partial charge in [-0.05, 0) is 73.4 Å². The van der Waals surface area contributed by atoms with E-state index in [-0.39, 0.29) is 11.8 Å². The number of carbonyl (C=O) groups is 2. The van der Waals surface area contributed by atoms with E-state index in [0.29, 0.717) is 36.5 Å². The van der Waals surface area contributed by atoms with Crippen LogP contribution in [0.2, 0.25) is 0 Å². The number of fused-ring (bicyclic) bond motifs is 1. The number of thioether (sulfide) groups is 1. The van der Waals surface area contributed by atoms with Crippen LogP contribution in [-0.4, -0.2) is 66.2 Å². The highest BCUT2D eigenvalue weighted by atomic mass is 32.2. The van der Waals surface area contributed by atoms with Crippen molar-refractivity contribution in [2.75, 3.05) is 38.2 Å². The van der Waals surface area contributed by atoms with Crippen molar-refractivity contribution in [1.29, 1.82) is 0 Å². The summed E-state index contributed by atoms with van der Waals surface area (Å²) in [6.45, 7) is 5.70. The molecule has 2 unspecified atom stereocenters. The van der Waals surface area contributed by atoms with Crippen LogP contribution in [0, 0.1) is 6.92 Å². The topological polar surface area (TPSA) is 53.1 Å². The van der Waals surface area contributed by atoms with Gasteiger partial charge in [0.05, 0.1) is 12.0 Å². The highest BCUT2D eigenvalue weighted by Crippen LogP contribution is 2.42. The summed E-state index contributed by atoms with van der Waals surface area (Å²) in [5, 5.41) is 0.435. The molecule has 0 spiro atoms. The van der Waals surface area contributed by atoms with Crippen LogP contribution in [0.25, 0.3) is 6.08 Å². The monoisotopic (exact) mass is 581 g/mol. The molecule has 3 fully saturated rings. The van der Waals surface area contributed by atoms with Crippen molar-refractivity contribution >= 4 is 35.3 Å². The first-order chi connectivity index (χ1) is 20.5. The van der Waals surface area contributed by atoms with Crippen molar-refractivity contribution in [2.45, 2.75) is 50.4 Å². The van der Waals surface area contributed by atoms with Crippen molar-refractivity contribution in [3.63, 3.8) is 0 Å². The Balaban J connectivity index is 1.12. The lowest BCUT2D eigenvalue weighted by Gasteiger charge is -2.44. The maximum atomic E-state index is 13.8. The molecule has 2 atom stereocenters. The summed E-state index contributed by atoms with van der Waals surface area (Å²) in [5.74, 6) is 1.02. The summed E-state index contributed by atoms with van der Waals surface area (Å²) in [5.41, 5.74) is 5.19. The molecule has 218 valence electrons. The zero-order valence-corrected chi connectivity index (χ0v) is 25.3. The van der Waals surface area contributed by atoms with E-state index in [2.05, 4.69) is 53.1 Å². The largest absolute Gasteiger partial charge is 0.497 e. The number of methoxy groups -OCH3 is 1. The lowest BCUT2D eigenvalue weighted by molar-refractivity contribution is -0.130. The van der Waals surface area contributed by atoms with Crippen LogP contribution in [-0.2, 0) is 11.3 Å². The molecule has 0 N–H and O–H groups in total. The van der Waals surface area contributed by atoms with E-state index in [1.165, 1.54) is 24.0 Å². The van der Waals surface area contributed by atoms with Crippen LogP contribution in [0.15, 0.2) is 77.7 Å². The number of piperazine rings is 1. The van der Waals surface area contributed by atoms with Crippen molar-refractivity contribution in [2.24, 2.45) is 0 Å². The molecule has 3 aliphatic rings. The van der Waals surface area contributed by atoms with Gasteiger partial charge in [0.2, 0.25) is 0 Å². The predicted octanol–water partition coefficient (Wildman–Crippen LogP) is 6.39. The number of anilines is 1. The Kier molecular flexibility index (Phi) is 8.56. The SMILES string of the molecule is COc1ccc(N2CCN(C(=O)c3ccc(/C=C4/SC5CCCCC5N(Cc5cccc(C)c5)C4=O)cc3)CC2)cc1. The molecule has 3 aromatic carbocycles. The van der Waals surface area contributed by atoms with Gasteiger partial charge >= 0.3 is 0 Å². The van der Waals surface area contributed by atoms with Crippen molar-refractivity contribution < 1.29 is 14.3 Å². The molecule has 2 amide bonds. The Hall–Kier alpha value is -3.71. The molecule has 0 radical (unpaired) electrons. The van der Waals surface area contributed by atoms with E-state index in [1.54, 1.807) is 18.9 Å². The van der Waals surface area contributed by atoms with Crippen molar-refractivity contribution in [1.82, 2.24) is 9.80 Å². The molecule has 7 heteroatoms. The molecule has 6 nitrogen and oxygen atoms in total. The minimum absolute atomic E-state index is 0.0566. The van der Waals surface area contributed by atoms with Crippen LogP contribution in [0.5, 0.6) is 5.75 Å². The summed E-state index contributed by atoms with van der Waals surface area (Å²) in [6, 6.07) is 24.6. The minimum atomic E-state index is 0.0566. The predicted molar refractivity (Wildman–Crippen MR) is 171 cm³/mol. The summed E-state index contributed by atoms with van der Waals surface area (Å²) in [4.78, 5) is 34.2. The third kappa shape index (κ3) is 6.21. The van der Waals surface area contributed by atoms with Gasteiger partial charge in [-0.1, -0.05) is 54.8 Å². The van der Waals surface area contributed by atoms with Gasteiger partial charge < -0.3 is 19.4 Å². The number of benzene rings is 3. The molecule has 0 aromatic heterocycles. The van der Waals surface area contributed by atoms with Crippen LogP contribution < -0.4 is 9.64 Å². The van der Waals surface area contributed by atoms with Crippen LogP contribution in [0.3, 0.4) is 0 Å². The van der Waals surface area contributed by atoms with Gasteiger partial charge in [0.15, 0.2) is 0 Å². The summed E-state index contributed by atoms with van der Waals surface area (Å²) in [7, 11) is 1.67. The van der Waals surface area contributed by atoms with E-state index in [4.69, 9.17) is 4.74 Å². The highest BCUT2D eigenvalue weighted by Gasteiger charge is 2.40. The van der Waals surface area contributed by atoms with Gasteiger partial charge in [-0.3, -0.25) is 9.59 Å². The smallest absolute Gasteiger partial charge is 0.260 e. The lowest BCUT2D eigenvalue weighted by Crippen LogP contribution is -2.50. The fourth-order valence-corrected chi connectivity index (χ4v) is 7.86. The molecule has 1 saturated carbocycles. The zero-order chi connectivity index (χ0) is 29.1. The van der Waals surface area contributed by atoms with E-state index < -0.39 is 0 Å². The Morgan fingerprint density at radius 3 is 2.40 bits per heavy atom. The quantitative estimate of drug-likeness (QED) is 0.316. The molecular formula is C35H39N3O3S. The first-order valence-electron chi connectivity index (χ1n) is 15.0. The van der Waals surface area contributed by atoms with E-state index in [0.717, 1.165) is 47.8 Å². The van der Waals surface area contributed by atoms with Gasteiger partial charge in [0.1, 0.15) is 5.75 Å². The number of amides is 2. The molecule has 1 aliphatic carbocycles.